The highest BCUT2D eigenvalue weighted by Gasteiger charge is 2.61. The zero-order valence-electron chi connectivity index (χ0n) is 13.6. The van der Waals surface area contributed by atoms with Gasteiger partial charge in [0.1, 0.15) is 0 Å². The largest absolute Gasteiger partial charge is 0.368 e. The van der Waals surface area contributed by atoms with Gasteiger partial charge >= 0.3 is 0 Å². The third-order valence-corrected chi connectivity index (χ3v) is 8.15. The van der Waals surface area contributed by atoms with Crippen molar-refractivity contribution in [2.24, 2.45) is 40.9 Å². The predicted octanol–water partition coefficient (Wildman–Crippen LogP) is 3.57. The van der Waals surface area contributed by atoms with Gasteiger partial charge in [-0.25, -0.2) is 0 Å². The first-order valence-corrected chi connectivity index (χ1v) is 9.50. The lowest BCUT2D eigenvalue weighted by Crippen LogP contribution is -2.53. The van der Waals surface area contributed by atoms with Gasteiger partial charge in [0.25, 0.3) is 0 Å². The van der Waals surface area contributed by atoms with Crippen molar-refractivity contribution in [3.05, 3.63) is 0 Å². The van der Waals surface area contributed by atoms with Crippen molar-refractivity contribution >= 4 is 0 Å². The standard InChI is InChI=1S/C20H30O2/c1-2-14-8-10-18-17-9-7-13-5-3-4-6-15(13)16(17)11-12-20(14,18)19(21)22/h1,13-19,21-22H,3-12H2/t13?,14-,15-,16+,17+,18-,20-/m0/s1. The van der Waals surface area contributed by atoms with Crippen LogP contribution in [0.25, 0.3) is 0 Å². The maximum Gasteiger partial charge on any atom is 0.158 e. The molecule has 0 aromatic rings. The van der Waals surface area contributed by atoms with E-state index in [9.17, 15) is 10.2 Å². The Bertz CT molecular complexity index is 465. The minimum absolute atomic E-state index is 0.0718. The van der Waals surface area contributed by atoms with Crippen LogP contribution in [0.1, 0.15) is 64.2 Å². The number of aliphatic hydroxyl groups excluding tert-OH is 1. The fraction of sp³-hybridized carbons (Fsp3) is 0.900. The molecule has 2 N–H and O–H groups in total. The Hall–Kier alpha value is -0.520. The fourth-order valence-electron chi connectivity index (χ4n) is 7.29. The average molecular weight is 302 g/mol. The van der Waals surface area contributed by atoms with Gasteiger partial charge in [0, 0.05) is 11.3 Å². The van der Waals surface area contributed by atoms with Crippen LogP contribution in [0.5, 0.6) is 0 Å². The SMILES string of the molecule is C#C[C@H]1CC[C@H]2[C@@H]3CCC4CCCC[C@@H]4[C@H]3CC[C@]12C(O)O. The van der Waals surface area contributed by atoms with E-state index in [1.165, 1.54) is 44.9 Å². The van der Waals surface area contributed by atoms with E-state index in [1.807, 2.05) is 0 Å². The number of aliphatic hydroxyl groups is 2. The van der Waals surface area contributed by atoms with Crippen molar-refractivity contribution in [1.29, 1.82) is 0 Å². The van der Waals surface area contributed by atoms with E-state index >= 15 is 0 Å². The van der Waals surface area contributed by atoms with Gasteiger partial charge in [-0.2, -0.15) is 0 Å². The van der Waals surface area contributed by atoms with Crippen LogP contribution in [0.15, 0.2) is 0 Å². The van der Waals surface area contributed by atoms with E-state index in [1.54, 1.807) is 0 Å². The summed E-state index contributed by atoms with van der Waals surface area (Å²) in [5, 5.41) is 20.4. The Balaban J connectivity index is 1.64. The molecule has 0 aromatic carbocycles. The minimum Gasteiger partial charge on any atom is -0.368 e. The van der Waals surface area contributed by atoms with E-state index in [0.717, 1.165) is 37.0 Å². The normalized spacial score (nSPS) is 50.8. The summed E-state index contributed by atoms with van der Waals surface area (Å²) in [6.45, 7) is 0. The van der Waals surface area contributed by atoms with Crippen molar-refractivity contribution in [3.63, 3.8) is 0 Å². The fourth-order valence-corrected chi connectivity index (χ4v) is 7.29. The van der Waals surface area contributed by atoms with Crippen LogP contribution >= 0.6 is 0 Å². The van der Waals surface area contributed by atoms with E-state index in [2.05, 4.69) is 5.92 Å². The molecule has 0 heterocycles. The van der Waals surface area contributed by atoms with E-state index in [-0.39, 0.29) is 5.92 Å². The van der Waals surface area contributed by atoms with Gasteiger partial charge in [0.05, 0.1) is 0 Å². The molecule has 0 bridgehead atoms. The lowest BCUT2D eigenvalue weighted by atomic mass is 9.49. The van der Waals surface area contributed by atoms with Crippen molar-refractivity contribution in [2.45, 2.75) is 70.5 Å². The molecule has 7 atom stereocenters. The molecule has 0 saturated heterocycles. The molecule has 2 nitrogen and oxygen atoms in total. The Morgan fingerprint density at radius 1 is 0.864 bits per heavy atom. The average Bonchev–Trinajstić information content (AvgIpc) is 2.94. The van der Waals surface area contributed by atoms with Crippen LogP contribution in [-0.2, 0) is 0 Å². The van der Waals surface area contributed by atoms with Crippen molar-refractivity contribution in [2.75, 3.05) is 0 Å². The van der Waals surface area contributed by atoms with Crippen LogP contribution in [0.4, 0.5) is 0 Å². The van der Waals surface area contributed by atoms with E-state index in [0.29, 0.717) is 11.8 Å². The third-order valence-electron chi connectivity index (χ3n) is 8.15. The second-order valence-electron chi connectivity index (χ2n) is 8.54. The molecular weight excluding hydrogens is 272 g/mol. The number of rotatable bonds is 1. The van der Waals surface area contributed by atoms with Gasteiger partial charge in [-0.1, -0.05) is 19.3 Å². The predicted molar refractivity (Wildman–Crippen MR) is 86.6 cm³/mol. The van der Waals surface area contributed by atoms with Crippen molar-refractivity contribution in [1.82, 2.24) is 0 Å². The molecule has 4 rings (SSSR count). The van der Waals surface area contributed by atoms with Crippen LogP contribution in [0.2, 0.25) is 0 Å². The molecule has 0 aromatic heterocycles. The molecule has 1 unspecified atom stereocenters. The summed E-state index contributed by atoms with van der Waals surface area (Å²) in [6, 6.07) is 0. The van der Waals surface area contributed by atoms with Gasteiger partial charge in [-0.3, -0.25) is 0 Å². The number of terminal acetylenes is 1. The highest BCUT2D eigenvalue weighted by molar-refractivity contribution is 5.15. The van der Waals surface area contributed by atoms with Gasteiger partial charge in [-0.15, -0.1) is 12.3 Å². The Labute approximate surface area is 134 Å². The Morgan fingerprint density at radius 3 is 2.45 bits per heavy atom. The summed E-state index contributed by atoms with van der Waals surface area (Å²) in [5.41, 5.74) is -0.391. The zero-order chi connectivity index (χ0) is 15.3. The Kier molecular flexibility index (Phi) is 3.78. The van der Waals surface area contributed by atoms with Crippen LogP contribution in [-0.4, -0.2) is 16.5 Å². The number of hydrogen-bond acceptors (Lipinski definition) is 2. The summed E-state index contributed by atoms with van der Waals surface area (Å²) in [5.74, 6) is 6.87. The molecule has 0 amide bonds. The summed E-state index contributed by atoms with van der Waals surface area (Å²) in [4.78, 5) is 0. The molecule has 4 aliphatic carbocycles. The van der Waals surface area contributed by atoms with Crippen LogP contribution < -0.4 is 0 Å². The van der Waals surface area contributed by atoms with Gasteiger partial charge < -0.3 is 10.2 Å². The monoisotopic (exact) mass is 302 g/mol. The number of fused-ring (bicyclic) bond motifs is 5. The highest BCUT2D eigenvalue weighted by atomic mass is 16.5. The lowest BCUT2D eigenvalue weighted by Gasteiger charge is -2.56. The molecular formula is C20H30O2. The van der Waals surface area contributed by atoms with E-state index in [4.69, 9.17) is 6.42 Å². The molecule has 22 heavy (non-hydrogen) atoms. The molecule has 2 heteroatoms. The van der Waals surface area contributed by atoms with Crippen LogP contribution in [0.3, 0.4) is 0 Å². The first-order chi connectivity index (χ1) is 10.7. The molecule has 0 spiro atoms. The third kappa shape index (κ3) is 1.95. The van der Waals surface area contributed by atoms with Crippen molar-refractivity contribution in [3.8, 4) is 12.3 Å². The second-order valence-corrected chi connectivity index (χ2v) is 8.54. The number of hydrogen-bond donors (Lipinski definition) is 2. The first-order valence-electron chi connectivity index (χ1n) is 9.50. The summed E-state index contributed by atoms with van der Waals surface area (Å²) in [7, 11) is 0. The highest BCUT2D eigenvalue weighted by Crippen LogP contribution is 2.65. The van der Waals surface area contributed by atoms with Gasteiger partial charge in [-0.05, 0) is 74.5 Å². The topological polar surface area (TPSA) is 40.5 Å². The molecule has 4 aliphatic rings. The summed E-state index contributed by atoms with van der Waals surface area (Å²) in [6.07, 6.45) is 17.2. The first kappa shape index (κ1) is 15.0. The maximum atomic E-state index is 10.2. The lowest BCUT2D eigenvalue weighted by molar-refractivity contribution is -0.199. The summed E-state index contributed by atoms with van der Waals surface area (Å²) < 4.78 is 0. The van der Waals surface area contributed by atoms with Gasteiger partial charge in [0.2, 0.25) is 0 Å². The van der Waals surface area contributed by atoms with Gasteiger partial charge in [0.15, 0.2) is 6.29 Å². The molecule has 122 valence electrons. The van der Waals surface area contributed by atoms with Crippen molar-refractivity contribution < 1.29 is 10.2 Å². The second kappa shape index (κ2) is 5.53. The molecule has 4 fully saturated rings. The zero-order valence-corrected chi connectivity index (χ0v) is 13.6. The maximum absolute atomic E-state index is 10.2. The Morgan fingerprint density at radius 2 is 1.68 bits per heavy atom. The smallest absolute Gasteiger partial charge is 0.158 e. The van der Waals surface area contributed by atoms with Crippen LogP contribution in [0, 0.1) is 53.3 Å². The molecule has 4 saturated carbocycles. The van der Waals surface area contributed by atoms with E-state index < -0.39 is 11.7 Å². The minimum atomic E-state index is -1.23. The summed E-state index contributed by atoms with van der Waals surface area (Å²) >= 11 is 0. The molecule has 0 aliphatic heterocycles. The quantitative estimate of drug-likeness (QED) is 0.574. The molecule has 0 radical (unpaired) electrons.